The SMILES string of the molecule is C=C1CCC[C@H](N2C(=O)c3csc(C(F)F)c3C2=O)C(=O)C1. The van der Waals surface area contributed by atoms with Crippen molar-refractivity contribution < 1.29 is 23.2 Å². The summed E-state index contributed by atoms with van der Waals surface area (Å²) < 4.78 is 25.9. The van der Waals surface area contributed by atoms with Gasteiger partial charge in [0.15, 0.2) is 5.78 Å². The molecule has 1 aliphatic carbocycles. The molecule has 2 amide bonds. The third-order valence-corrected chi connectivity index (χ3v) is 5.00. The van der Waals surface area contributed by atoms with E-state index in [1.54, 1.807) is 0 Å². The van der Waals surface area contributed by atoms with Crippen LogP contribution in [0.15, 0.2) is 17.5 Å². The van der Waals surface area contributed by atoms with Crippen molar-refractivity contribution in [3.63, 3.8) is 0 Å². The van der Waals surface area contributed by atoms with Crippen LogP contribution in [0.4, 0.5) is 8.78 Å². The van der Waals surface area contributed by atoms with Crippen molar-refractivity contribution in [3.8, 4) is 0 Å². The number of hydrogen-bond donors (Lipinski definition) is 0. The van der Waals surface area contributed by atoms with Crippen LogP contribution in [0, 0.1) is 0 Å². The van der Waals surface area contributed by atoms with Gasteiger partial charge in [-0.25, -0.2) is 8.78 Å². The van der Waals surface area contributed by atoms with Crippen molar-refractivity contribution in [2.75, 3.05) is 0 Å². The quantitative estimate of drug-likeness (QED) is 0.476. The van der Waals surface area contributed by atoms with Crippen LogP contribution >= 0.6 is 11.3 Å². The number of carbonyl (C=O) groups is 3. The standard InChI is InChI=1S/C15H13F2NO3S/c1-7-3-2-4-9(10(19)5-7)18-14(20)8-6-22-12(13(16)17)11(8)15(18)21/h6,9,13H,1-5H2/t9-/m0/s1. The lowest BCUT2D eigenvalue weighted by molar-refractivity contribution is -0.122. The van der Waals surface area contributed by atoms with Gasteiger partial charge in [-0.05, 0) is 19.3 Å². The van der Waals surface area contributed by atoms with Crippen LogP contribution < -0.4 is 0 Å². The van der Waals surface area contributed by atoms with Crippen molar-refractivity contribution in [2.24, 2.45) is 0 Å². The number of rotatable bonds is 2. The zero-order valence-corrected chi connectivity index (χ0v) is 12.4. The highest BCUT2D eigenvalue weighted by Gasteiger charge is 2.46. The molecule has 1 saturated carbocycles. The largest absolute Gasteiger partial charge is 0.297 e. The molecule has 0 N–H and O–H groups in total. The summed E-state index contributed by atoms with van der Waals surface area (Å²) in [7, 11) is 0. The molecule has 1 fully saturated rings. The summed E-state index contributed by atoms with van der Waals surface area (Å²) in [5, 5.41) is 1.27. The number of allylic oxidation sites excluding steroid dienone is 1. The maximum absolute atomic E-state index is 13.0. The van der Waals surface area contributed by atoms with E-state index in [0.29, 0.717) is 30.6 Å². The van der Waals surface area contributed by atoms with Gasteiger partial charge in [-0.1, -0.05) is 12.2 Å². The third kappa shape index (κ3) is 2.20. The first-order chi connectivity index (χ1) is 10.4. The molecule has 22 heavy (non-hydrogen) atoms. The van der Waals surface area contributed by atoms with Crippen molar-refractivity contribution in [1.29, 1.82) is 0 Å². The molecular weight excluding hydrogens is 312 g/mol. The van der Waals surface area contributed by atoms with Crippen LogP contribution in [-0.4, -0.2) is 28.5 Å². The Balaban J connectivity index is 1.97. The topological polar surface area (TPSA) is 54.5 Å². The fraction of sp³-hybridized carbons (Fsp3) is 0.400. The van der Waals surface area contributed by atoms with Gasteiger partial charge in [0, 0.05) is 11.8 Å². The second kappa shape index (κ2) is 5.39. The fourth-order valence-corrected chi connectivity index (χ4v) is 3.85. The average Bonchev–Trinajstić information content (AvgIpc) is 2.92. The zero-order valence-electron chi connectivity index (χ0n) is 11.6. The molecule has 2 heterocycles. The summed E-state index contributed by atoms with van der Waals surface area (Å²) in [5.74, 6) is -1.67. The lowest BCUT2D eigenvalue weighted by Crippen LogP contribution is -2.44. The van der Waals surface area contributed by atoms with Gasteiger partial charge in [-0.3, -0.25) is 19.3 Å². The number of ketones is 1. The Morgan fingerprint density at radius 1 is 1.27 bits per heavy atom. The minimum absolute atomic E-state index is 0.0128. The molecule has 7 heteroatoms. The molecule has 2 aliphatic rings. The number of carbonyl (C=O) groups excluding carboxylic acids is 3. The van der Waals surface area contributed by atoms with Gasteiger partial charge in [-0.15, -0.1) is 11.3 Å². The Bertz CT molecular complexity index is 695. The monoisotopic (exact) mass is 325 g/mol. The molecular formula is C15H13F2NO3S. The first kappa shape index (κ1) is 15.0. The van der Waals surface area contributed by atoms with E-state index in [4.69, 9.17) is 0 Å². The number of amides is 2. The first-order valence-corrected chi connectivity index (χ1v) is 7.76. The number of fused-ring (bicyclic) bond motifs is 1. The normalized spacial score (nSPS) is 22.5. The number of alkyl halides is 2. The van der Waals surface area contributed by atoms with Crippen LogP contribution in [0.1, 0.15) is 57.7 Å². The second-order valence-corrected chi connectivity index (χ2v) is 6.38. The Hall–Kier alpha value is -1.89. The summed E-state index contributed by atoms with van der Waals surface area (Å²) in [6, 6.07) is -0.873. The molecule has 0 aromatic carbocycles. The van der Waals surface area contributed by atoms with Gasteiger partial charge in [0.25, 0.3) is 18.2 Å². The first-order valence-electron chi connectivity index (χ1n) is 6.88. The Morgan fingerprint density at radius 3 is 2.68 bits per heavy atom. The highest BCUT2D eigenvalue weighted by Crippen LogP contribution is 2.38. The van der Waals surface area contributed by atoms with Gasteiger partial charge in [0.1, 0.15) is 0 Å². The van der Waals surface area contributed by atoms with E-state index >= 15 is 0 Å². The third-order valence-electron chi connectivity index (χ3n) is 4.02. The second-order valence-electron chi connectivity index (χ2n) is 5.47. The minimum atomic E-state index is -2.81. The molecule has 1 aliphatic heterocycles. The molecule has 0 spiro atoms. The lowest BCUT2D eigenvalue weighted by atomic mass is 10.1. The Labute approximate surface area is 129 Å². The van der Waals surface area contributed by atoms with Crippen molar-refractivity contribution >= 4 is 28.9 Å². The molecule has 3 rings (SSSR count). The predicted molar refractivity (Wildman–Crippen MR) is 76.2 cm³/mol. The molecule has 1 atom stereocenters. The molecule has 0 radical (unpaired) electrons. The van der Waals surface area contributed by atoms with Gasteiger partial charge in [-0.2, -0.15) is 0 Å². The van der Waals surface area contributed by atoms with Crippen LogP contribution in [0.25, 0.3) is 0 Å². The molecule has 0 saturated heterocycles. The summed E-state index contributed by atoms with van der Waals surface area (Å²) in [4.78, 5) is 37.5. The summed E-state index contributed by atoms with van der Waals surface area (Å²) >= 11 is 0.704. The van der Waals surface area contributed by atoms with Gasteiger partial charge in [0.05, 0.1) is 22.0 Å². The van der Waals surface area contributed by atoms with E-state index in [2.05, 4.69) is 6.58 Å². The molecule has 1 aromatic heterocycles. The van der Waals surface area contributed by atoms with Gasteiger partial charge >= 0.3 is 0 Å². The Kier molecular flexibility index (Phi) is 3.68. The smallest absolute Gasteiger partial charge is 0.273 e. The van der Waals surface area contributed by atoms with E-state index in [1.807, 2.05) is 0 Å². The molecule has 0 unspecified atom stereocenters. The van der Waals surface area contributed by atoms with Gasteiger partial charge < -0.3 is 0 Å². The van der Waals surface area contributed by atoms with Gasteiger partial charge in [0.2, 0.25) is 0 Å². The maximum atomic E-state index is 13.0. The molecule has 4 nitrogen and oxygen atoms in total. The van der Waals surface area contributed by atoms with Crippen molar-refractivity contribution in [2.45, 2.75) is 38.2 Å². The van der Waals surface area contributed by atoms with E-state index in [1.165, 1.54) is 5.38 Å². The van der Waals surface area contributed by atoms with Crippen molar-refractivity contribution in [3.05, 3.63) is 33.5 Å². The van der Waals surface area contributed by atoms with Crippen LogP contribution in [-0.2, 0) is 4.79 Å². The number of halogens is 2. The fourth-order valence-electron chi connectivity index (χ4n) is 2.97. The number of thiophene rings is 1. The summed E-state index contributed by atoms with van der Waals surface area (Å²) in [6.45, 7) is 3.78. The highest BCUT2D eigenvalue weighted by molar-refractivity contribution is 7.10. The van der Waals surface area contributed by atoms with E-state index in [-0.39, 0.29) is 23.3 Å². The summed E-state index contributed by atoms with van der Waals surface area (Å²) in [6.07, 6.45) is -1.03. The van der Waals surface area contributed by atoms with E-state index < -0.39 is 29.2 Å². The number of hydrogen-bond acceptors (Lipinski definition) is 4. The number of Topliss-reactive ketones (excluding diaryl/α,β-unsaturated/α-hetero) is 1. The van der Waals surface area contributed by atoms with Crippen LogP contribution in [0.5, 0.6) is 0 Å². The van der Waals surface area contributed by atoms with E-state index in [9.17, 15) is 23.2 Å². The lowest BCUT2D eigenvalue weighted by Gasteiger charge is -2.23. The van der Waals surface area contributed by atoms with Crippen molar-refractivity contribution in [1.82, 2.24) is 4.90 Å². The van der Waals surface area contributed by atoms with Crippen LogP contribution in [0.2, 0.25) is 0 Å². The summed E-state index contributed by atoms with van der Waals surface area (Å²) in [5.41, 5.74) is 0.524. The minimum Gasteiger partial charge on any atom is -0.297 e. The van der Waals surface area contributed by atoms with Crippen LogP contribution in [0.3, 0.4) is 0 Å². The average molecular weight is 325 g/mol. The molecule has 0 bridgehead atoms. The maximum Gasteiger partial charge on any atom is 0.273 e. The number of imide groups is 1. The highest BCUT2D eigenvalue weighted by atomic mass is 32.1. The zero-order chi connectivity index (χ0) is 16.0. The van der Waals surface area contributed by atoms with E-state index in [0.717, 1.165) is 10.5 Å². The molecule has 1 aromatic rings. The number of nitrogens with zero attached hydrogens (tertiary/aromatic N) is 1. The Morgan fingerprint density at radius 2 is 2.00 bits per heavy atom. The predicted octanol–water partition coefficient (Wildman–Crippen LogP) is 3.35. The molecule has 116 valence electrons.